The van der Waals surface area contributed by atoms with Crippen molar-refractivity contribution in [2.24, 2.45) is 0 Å². The van der Waals surface area contributed by atoms with E-state index in [2.05, 4.69) is 15.0 Å². The van der Waals surface area contributed by atoms with Crippen LogP contribution in [0.15, 0.2) is 21.7 Å². The highest BCUT2D eigenvalue weighted by molar-refractivity contribution is 5.81. The summed E-state index contributed by atoms with van der Waals surface area (Å²) < 4.78 is 7.04. The molecule has 2 aliphatic heterocycles. The summed E-state index contributed by atoms with van der Waals surface area (Å²) in [6, 6.07) is 3.56. The number of aromatic nitrogens is 4. The van der Waals surface area contributed by atoms with Gasteiger partial charge in [0.15, 0.2) is 11.5 Å². The van der Waals surface area contributed by atoms with Gasteiger partial charge in [-0.15, -0.1) is 0 Å². The van der Waals surface area contributed by atoms with Gasteiger partial charge >= 0.3 is 5.69 Å². The van der Waals surface area contributed by atoms with Gasteiger partial charge in [0.25, 0.3) is 5.56 Å². The fourth-order valence-electron chi connectivity index (χ4n) is 2.94. The minimum atomic E-state index is -0.757. The molecule has 3 N–H and O–H groups in total. The first kappa shape index (κ1) is 21.5. The Morgan fingerprint density at radius 3 is 2.57 bits per heavy atom. The predicted molar refractivity (Wildman–Crippen MR) is 106 cm³/mol. The summed E-state index contributed by atoms with van der Waals surface area (Å²) >= 11 is 0. The molecule has 0 aliphatic carbocycles. The Kier molecular flexibility index (Phi) is 7.24. The van der Waals surface area contributed by atoms with Gasteiger partial charge in [-0.1, -0.05) is 13.8 Å². The Bertz CT molecular complexity index is 1030. The molecule has 28 heavy (non-hydrogen) atoms. The van der Waals surface area contributed by atoms with Crippen molar-refractivity contribution in [1.29, 1.82) is 0 Å². The lowest BCUT2D eigenvalue weighted by Gasteiger charge is -2.19. The minimum Gasteiger partial charge on any atom is -0.496 e. The zero-order chi connectivity index (χ0) is 20.8. The number of hydrogen-bond donors (Lipinski definition) is 3. The molecule has 0 radical (unpaired) electrons. The highest BCUT2D eigenvalue weighted by Crippen LogP contribution is 2.28. The molecule has 2 aliphatic rings. The molecule has 0 bridgehead atoms. The number of nitrogens with zero attached hydrogens (tertiary/aromatic N) is 3. The van der Waals surface area contributed by atoms with Crippen molar-refractivity contribution in [1.82, 2.24) is 19.5 Å². The molecule has 9 heteroatoms. The number of hydrogen-bond acceptors (Lipinski definition) is 7. The minimum absolute atomic E-state index is 0.0540. The van der Waals surface area contributed by atoms with Gasteiger partial charge in [0.2, 0.25) is 0 Å². The monoisotopic (exact) mass is 390 g/mol. The third-order valence-corrected chi connectivity index (χ3v) is 4.27. The summed E-state index contributed by atoms with van der Waals surface area (Å²) in [5.41, 5.74) is 0.723. The van der Waals surface area contributed by atoms with E-state index in [0.29, 0.717) is 29.7 Å². The van der Waals surface area contributed by atoms with Gasteiger partial charge in [-0.05, 0) is 31.4 Å². The summed E-state index contributed by atoms with van der Waals surface area (Å²) in [6.45, 7) is 6.03. The number of nitrogens with one attached hydrogen (secondary N) is 1. The van der Waals surface area contributed by atoms with E-state index in [0.717, 1.165) is 5.56 Å². The SMILES string of the molecule is CC.COc1cc2c(cc1C)nc1c(=O)[nH]c(=O)nc-1n2CCC(O)CCO. The van der Waals surface area contributed by atoms with Crippen molar-refractivity contribution in [2.45, 2.75) is 46.3 Å². The van der Waals surface area contributed by atoms with E-state index in [1.807, 2.05) is 20.8 Å². The van der Waals surface area contributed by atoms with Crippen LogP contribution in [0.5, 0.6) is 5.75 Å². The molecule has 0 saturated heterocycles. The number of rotatable bonds is 6. The van der Waals surface area contributed by atoms with Gasteiger partial charge < -0.3 is 19.5 Å². The number of aryl methyl sites for hydroxylation is 2. The summed E-state index contributed by atoms with van der Waals surface area (Å²) in [6.07, 6.45) is -0.157. The highest BCUT2D eigenvalue weighted by atomic mass is 16.5. The normalized spacial score (nSPS) is 11.9. The van der Waals surface area contributed by atoms with Crippen molar-refractivity contribution in [3.05, 3.63) is 38.5 Å². The number of aliphatic hydroxyl groups excluding tert-OH is 2. The van der Waals surface area contributed by atoms with Crippen LogP contribution in [-0.2, 0) is 6.54 Å². The lowest BCUT2D eigenvalue weighted by atomic mass is 10.1. The first-order valence-electron chi connectivity index (χ1n) is 9.22. The second kappa shape index (κ2) is 9.43. The van der Waals surface area contributed by atoms with E-state index in [4.69, 9.17) is 9.84 Å². The number of aliphatic hydroxyl groups is 2. The zero-order valence-corrected chi connectivity index (χ0v) is 16.5. The Labute approximate surface area is 162 Å². The fourth-order valence-corrected chi connectivity index (χ4v) is 2.94. The van der Waals surface area contributed by atoms with Gasteiger partial charge in [-0.3, -0.25) is 9.78 Å². The summed E-state index contributed by atoms with van der Waals surface area (Å²) in [5, 5.41) is 18.9. The highest BCUT2D eigenvalue weighted by Gasteiger charge is 2.20. The van der Waals surface area contributed by atoms with Crippen molar-refractivity contribution in [3.8, 4) is 17.3 Å². The molecule has 152 valence electrons. The molecule has 3 rings (SSSR count). The van der Waals surface area contributed by atoms with Gasteiger partial charge in [-0.2, -0.15) is 4.98 Å². The first-order chi connectivity index (χ1) is 13.4. The van der Waals surface area contributed by atoms with Crippen LogP contribution in [0.3, 0.4) is 0 Å². The van der Waals surface area contributed by atoms with Crippen LogP contribution in [0.1, 0.15) is 32.3 Å². The van der Waals surface area contributed by atoms with E-state index in [1.165, 1.54) is 0 Å². The smallest absolute Gasteiger partial charge is 0.349 e. The molecule has 2 heterocycles. The van der Waals surface area contributed by atoms with E-state index in [1.54, 1.807) is 23.8 Å². The van der Waals surface area contributed by atoms with Crippen LogP contribution in [0.25, 0.3) is 22.6 Å². The largest absolute Gasteiger partial charge is 0.496 e. The maximum atomic E-state index is 12.2. The molecule has 1 aromatic rings. The van der Waals surface area contributed by atoms with Crippen LogP contribution in [-0.4, -0.2) is 49.6 Å². The lowest BCUT2D eigenvalue weighted by Crippen LogP contribution is -2.29. The predicted octanol–water partition coefficient (Wildman–Crippen LogP) is 1.06. The zero-order valence-electron chi connectivity index (χ0n) is 16.5. The molecular formula is C19H26N4O5. The van der Waals surface area contributed by atoms with Crippen molar-refractivity contribution >= 4 is 11.0 Å². The average molecular weight is 390 g/mol. The van der Waals surface area contributed by atoms with E-state index in [-0.39, 0.29) is 24.5 Å². The third kappa shape index (κ3) is 4.37. The number of methoxy groups -OCH3 is 1. The van der Waals surface area contributed by atoms with Crippen LogP contribution in [0.2, 0.25) is 0 Å². The maximum Gasteiger partial charge on any atom is 0.349 e. The molecule has 9 nitrogen and oxygen atoms in total. The lowest BCUT2D eigenvalue weighted by molar-refractivity contribution is 0.121. The topological polar surface area (TPSA) is 130 Å². The standard InChI is InChI=1S/C17H20N4O5.C2H6/c1-9-7-11-12(8-13(9)26-2)21(5-3-10(23)4-6-22)15-14(18-11)16(24)20-17(25)19-15;1-2/h7-8,10,22-23H,3-6H2,1-2H3,(H,20,24,25);1-2H3. The number of ether oxygens (including phenoxy) is 1. The molecule has 0 spiro atoms. The number of fused-ring (bicyclic) bond motifs is 2. The summed E-state index contributed by atoms with van der Waals surface area (Å²) in [5.74, 6) is 0.781. The molecule has 1 aromatic carbocycles. The van der Waals surface area contributed by atoms with Crippen molar-refractivity contribution in [2.75, 3.05) is 13.7 Å². The van der Waals surface area contributed by atoms with Gasteiger partial charge in [0.05, 0.1) is 24.2 Å². The van der Waals surface area contributed by atoms with Crippen LogP contribution < -0.4 is 16.0 Å². The summed E-state index contributed by atoms with van der Waals surface area (Å²) in [7, 11) is 1.55. The summed E-state index contributed by atoms with van der Waals surface area (Å²) in [4.78, 5) is 34.2. The second-order valence-electron chi connectivity index (χ2n) is 6.07. The number of aromatic amines is 1. The number of H-pyrrole nitrogens is 1. The fraction of sp³-hybridized carbons (Fsp3) is 0.474. The number of benzene rings is 1. The van der Waals surface area contributed by atoms with Gasteiger partial charge in [0.1, 0.15) is 5.75 Å². The van der Waals surface area contributed by atoms with Crippen molar-refractivity contribution < 1.29 is 14.9 Å². The van der Waals surface area contributed by atoms with Crippen molar-refractivity contribution in [3.63, 3.8) is 0 Å². The average Bonchev–Trinajstić information content (AvgIpc) is 2.67. The van der Waals surface area contributed by atoms with Crippen LogP contribution >= 0.6 is 0 Å². The quantitative estimate of drug-likeness (QED) is 0.537. The molecule has 1 atom stereocenters. The second-order valence-corrected chi connectivity index (χ2v) is 6.07. The van der Waals surface area contributed by atoms with Crippen LogP contribution in [0, 0.1) is 6.92 Å². The van der Waals surface area contributed by atoms with E-state index in [9.17, 15) is 14.7 Å². The molecular weight excluding hydrogens is 364 g/mol. The molecule has 0 aromatic heterocycles. The first-order valence-corrected chi connectivity index (χ1v) is 9.22. The van der Waals surface area contributed by atoms with Gasteiger partial charge in [-0.25, -0.2) is 9.78 Å². The Hall–Kier alpha value is -2.78. The molecule has 0 saturated carbocycles. The Morgan fingerprint density at radius 1 is 1.21 bits per heavy atom. The van der Waals surface area contributed by atoms with E-state index < -0.39 is 17.4 Å². The Balaban J connectivity index is 0.00000136. The van der Waals surface area contributed by atoms with Crippen LogP contribution in [0.4, 0.5) is 0 Å². The van der Waals surface area contributed by atoms with Gasteiger partial charge in [0, 0.05) is 19.2 Å². The Morgan fingerprint density at radius 2 is 1.93 bits per heavy atom. The third-order valence-electron chi connectivity index (χ3n) is 4.27. The maximum absolute atomic E-state index is 12.2. The van der Waals surface area contributed by atoms with E-state index >= 15 is 0 Å². The molecule has 0 amide bonds. The molecule has 1 unspecified atom stereocenters. The molecule has 0 fully saturated rings.